The molecule has 0 aromatic carbocycles. The van der Waals surface area contributed by atoms with E-state index in [1.807, 2.05) is 0 Å². The Labute approximate surface area is 85.9 Å². The van der Waals surface area contributed by atoms with Crippen molar-refractivity contribution in [1.82, 2.24) is 5.32 Å². The molecule has 0 aromatic rings. The van der Waals surface area contributed by atoms with Crippen LogP contribution in [-0.4, -0.2) is 23.7 Å². The van der Waals surface area contributed by atoms with Gasteiger partial charge in [-0.05, 0) is 31.7 Å². The van der Waals surface area contributed by atoms with Gasteiger partial charge in [0.05, 0.1) is 5.92 Å². The zero-order chi connectivity index (χ0) is 10.6. The van der Waals surface area contributed by atoms with Crippen LogP contribution in [0.25, 0.3) is 0 Å². The summed E-state index contributed by atoms with van der Waals surface area (Å²) in [4.78, 5) is 10.5. The number of hydrogen-bond donors (Lipinski definition) is 2. The summed E-state index contributed by atoms with van der Waals surface area (Å²) in [5, 5.41) is 12.1. The molecule has 3 nitrogen and oxygen atoms in total. The van der Waals surface area contributed by atoms with Gasteiger partial charge in [0.2, 0.25) is 0 Å². The molecule has 2 N–H and O–H groups in total. The first kappa shape index (κ1) is 11.5. The van der Waals surface area contributed by atoms with Gasteiger partial charge in [-0.25, -0.2) is 0 Å². The highest BCUT2D eigenvalue weighted by Crippen LogP contribution is 2.27. The maximum absolute atomic E-state index is 10.5. The van der Waals surface area contributed by atoms with E-state index in [0.717, 1.165) is 19.4 Å². The van der Waals surface area contributed by atoms with E-state index >= 15 is 0 Å². The van der Waals surface area contributed by atoms with Gasteiger partial charge in [-0.15, -0.1) is 0 Å². The lowest BCUT2D eigenvalue weighted by atomic mass is 9.80. The SMILES string of the molecule is CCCC(C)CNC1CC(C(=O)O)C1. The highest BCUT2D eigenvalue weighted by Gasteiger charge is 2.33. The largest absolute Gasteiger partial charge is 0.481 e. The van der Waals surface area contributed by atoms with Gasteiger partial charge >= 0.3 is 5.97 Å². The molecule has 0 saturated heterocycles. The highest BCUT2D eigenvalue weighted by atomic mass is 16.4. The molecule has 14 heavy (non-hydrogen) atoms. The van der Waals surface area contributed by atoms with Gasteiger partial charge in [-0.1, -0.05) is 20.3 Å². The molecule has 0 spiro atoms. The summed E-state index contributed by atoms with van der Waals surface area (Å²) in [6, 6.07) is 0.454. The molecule has 82 valence electrons. The van der Waals surface area contributed by atoms with Crippen LogP contribution in [0.1, 0.15) is 39.5 Å². The van der Waals surface area contributed by atoms with Crippen LogP contribution in [0.2, 0.25) is 0 Å². The molecule has 1 rings (SSSR count). The van der Waals surface area contributed by atoms with Crippen molar-refractivity contribution in [2.75, 3.05) is 6.54 Å². The molecule has 1 saturated carbocycles. The normalized spacial score (nSPS) is 28.1. The summed E-state index contributed by atoms with van der Waals surface area (Å²) in [6.07, 6.45) is 4.11. The first-order chi connectivity index (χ1) is 6.63. The van der Waals surface area contributed by atoms with Gasteiger partial charge in [0, 0.05) is 6.04 Å². The summed E-state index contributed by atoms with van der Waals surface area (Å²) in [5.41, 5.74) is 0. The number of hydrogen-bond acceptors (Lipinski definition) is 2. The number of nitrogens with one attached hydrogen (secondary N) is 1. The Bertz CT molecular complexity index is 188. The van der Waals surface area contributed by atoms with Crippen molar-refractivity contribution in [2.45, 2.75) is 45.6 Å². The fourth-order valence-corrected chi connectivity index (χ4v) is 1.95. The van der Waals surface area contributed by atoms with Crippen molar-refractivity contribution in [3.63, 3.8) is 0 Å². The minimum absolute atomic E-state index is 0.0889. The molecule has 0 amide bonds. The smallest absolute Gasteiger partial charge is 0.306 e. The van der Waals surface area contributed by atoms with Crippen LogP contribution in [0.15, 0.2) is 0 Å². The predicted octanol–water partition coefficient (Wildman–Crippen LogP) is 1.88. The zero-order valence-electron chi connectivity index (χ0n) is 9.12. The molecule has 3 heteroatoms. The molecule has 1 aliphatic rings. The first-order valence-electron chi connectivity index (χ1n) is 5.59. The van der Waals surface area contributed by atoms with Crippen molar-refractivity contribution in [3.8, 4) is 0 Å². The highest BCUT2D eigenvalue weighted by molar-refractivity contribution is 5.71. The van der Waals surface area contributed by atoms with Crippen LogP contribution in [-0.2, 0) is 4.79 Å². The fraction of sp³-hybridized carbons (Fsp3) is 0.909. The van der Waals surface area contributed by atoms with E-state index in [-0.39, 0.29) is 5.92 Å². The van der Waals surface area contributed by atoms with Gasteiger partial charge in [0.1, 0.15) is 0 Å². The van der Waals surface area contributed by atoms with E-state index in [2.05, 4.69) is 19.2 Å². The third-order valence-corrected chi connectivity index (χ3v) is 3.02. The molecule has 1 atom stereocenters. The lowest BCUT2D eigenvalue weighted by molar-refractivity contribution is -0.145. The molecular formula is C11H21NO2. The van der Waals surface area contributed by atoms with Crippen LogP contribution < -0.4 is 5.32 Å². The Morgan fingerprint density at radius 1 is 1.57 bits per heavy atom. The van der Waals surface area contributed by atoms with Gasteiger partial charge in [0.25, 0.3) is 0 Å². The molecule has 0 heterocycles. The fourth-order valence-electron chi connectivity index (χ4n) is 1.95. The third-order valence-electron chi connectivity index (χ3n) is 3.02. The molecule has 0 aliphatic heterocycles. The van der Waals surface area contributed by atoms with Crippen molar-refractivity contribution >= 4 is 5.97 Å². The van der Waals surface area contributed by atoms with Gasteiger partial charge in [0.15, 0.2) is 0 Å². The molecule has 1 fully saturated rings. The standard InChI is InChI=1S/C11H21NO2/c1-3-4-8(2)7-12-10-5-9(6-10)11(13)14/h8-10,12H,3-7H2,1-2H3,(H,13,14). The Balaban J connectivity index is 2.03. The number of aliphatic carboxylic acids is 1. The number of carboxylic acid groups (broad SMARTS) is 1. The maximum atomic E-state index is 10.5. The summed E-state index contributed by atoms with van der Waals surface area (Å²) in [5.74, 6) is -0.0116. The molecule has 0 radical (unpaired) electrons. The van der Waals surface area contributed by atoms with Crippen molar-refractivity contribution in [2.24, 2.45) is 11.8 Å². The second-order valence-electron chi connectivity index (χ2n) is 4.51. The quantitative estimate of drug-likeness (QED) is 0.686. The topological polar surface area (TPSA) is 49.3 Å². The van der Waals surface area contributed by atoms with Crippen molar-refractivity contribution in [1.29, 1.82) is 0 Å². The van der Waals surface area contributed by atoms with Crippen LogP contribution in [0, 0.1) is 11.8 Å². The molecule has 1 unspecified atom stereocenters. The van der Waals surface area contributed by atoms with E-state index in [4.69, 9.17) is 5.11 Å². The molecule has 1 aliphatic carbocycles. The average molecular weight is 199 g/mol. The van der Waals surface area contributed by atoms with E-state index in [1.54, 1.807) is 0 Å². The Morgan fingerprint density at radius 2 is 2.21 bits per heavy atom. The van der Waals surface area contributed by atoms with Gasteiger partial charge in [-0.2, -0.15) is 0 Å². The number of rotatable bonds is 6. The predicted molar refractivity (Wildman–Crippen MR) is 56.2 cm³/mol. The van der Waals surface area contributed by atoms with E-state index in [9.17, 15) is 4.79 Å². The van der Waals surface area contributed by atoms with E-state index < -0.39 is 5.97 Å². The van der Waals surface area contributed by atoms with Crippen LogP contribution >= 0.6 is 0 Å². The zero-order valence-corrected chi connectivity index (χ0v) is 9.12. The van der Waals surface area contributed by atoms with Crippen LogP contribution in [0.3, 0.4) is 0 Å². The summed E-state index contributed by atoms with van der Waals surface area (Å²) < 4.78 is 0. The lowest BCUT2D eigenvalue weighted by Gasteiger charge is -2.33. The molecule has 0 aromatic heterocycles. The van der Waals surface area contributed by atoms with Crippen LogP contribution in [0.4, 0.5) is 0 Å². The summed E-state index contributed by atoms with van der Waals surface area (Å²) in [6.45, 7) is 5.47. The van der Waals surface area contributed by atoms with Gasteiger partial charge in [-0.3, -0.25) is 4.79 Å². The molecular weight excluding hydrogens is 178 g/mol. The summed E-state index contributed by atoms with van der Waals surface area (Å²) in [7, 11) is 0. The second-order valence-corrected chi connectivity index (χ2v) is 4.51. The summed E-state index contributed by atoms with van der Waals surface area (Å²) >= 11 is 0. The second kappa shape index (κ2) is 5.35. The van der Waals surface area contributed by atoms with Crippen LogP contribution in [0.5, 0.6) is 0 Å². The lowest BCUT2D eigenvalue weighted by Crippen LogP contribution is -2.45. The average Bonchev–Trinajstić information content (AvgIpc) is 2.01. The Kier molecular flexibility index (Phi) is 4.39. The minimum atomic E-state index is -0.635. The van der Waals surface area contributed by atoms with Crippen molar-refractivity contribution in [3.05, 3.63) is 0 Å². The van der Waals surface area contributed by atoms with E-state index in [1.165, 1.54) is 12.8 Å². The Hall–Kier alpha value is -0.570. The Morgan fingerprint density at radius 3 is 2.71 bits per heavy atom. The minimum Gasteiger partial charge on any atom is -0.481 e. The van der Waals surface area contributed by atoms with Gasteiger partial charge < -0.3 is 10.4 Å². The number of carboxylic acids is 1. The first-order valence-corrected chi connectivity index (χ1v) is 5.59. The molecule has 0 bridgehead atoms. The van der Waals surface area contributed by atoms with Crippen molar-refractivity contribution < 1.29 is 9.90 Å². The van der Waals surface area contributed by atoms with E-state index in [0.29, 0.717) is 12.0 Å². The monoisotopic (exact) mass is 199 g/mol. The number of carbonyl (C=O) groups is 1. The maximum Gasteiger partial charge on any atom is 0.306 e. The third kappa shape index (κ3) is 3.29.